The van der Waals surface area contributed by atoms with Crippen molar-refractivity contribution in [3.8, 4) is 11.5 Å². The van der Waals surface area contributed by atoms with Crippen molar-refractivity contribution in [3.05, 3.63) is 112 Å². The number of H-pyrrole nitrogens is 1. The SMILES string of the molecule is CC(C)CN1CCN(C2CC3(CCN(c4ccc(C(=O)NS(=O)(=O)c5ccc(NC[C@H]6CC[C@](C)(O)CC6)c([N+](=O)[O-])c5)c(Oc5cnc6[nH]ccc6c5)c4)CC3)C2)C(c2ccccc2C(C)C)C1. The molecule has 4 N–H and O–H groups in total. The van der Waals surface area contributed by atoms with Crippen LogP contribution in [-0.4, -0.2) is 102 Å². The second-order valence-electron chi connectivity index (χ2n) is 21.3. The number of fused-ring (bicyclic) bond motifs is 1. The fourth-order valence-corrected chi connectivity index (χ4v) is 12.5. The van der Waals surface area contributed by atoms with Gasteiger partial charge >= 0.3 is 0 Å². The molecule has 16 heteroatoms. The van der Waals surface area contributed by atoms with E-state index < -0.39 is 37.0 Å². The molecule has 1 amide bonds. The highest BCUT2D eigenvalue weighted by Gasteiger charge is 2.50. The summed E-state index contributed by atoms with van der Waals surface area (Å²) >= 11 is 0. The monoisotopic (exact) mass is 960 g/mol. The van der Waals surface area contributed by atoms with Crippen LogP contribution in [0.5, 0.6) is 11.5 Å². The number of rotatable bonds is 15. The molecule has 2 saturated carbocycles. The Morgan fingerprint density at radius 2 is 1.72 bits per heavy atom. The van der Waals surface area contributed by atoms with Crippen LogP contribution >= 0.6 is 0 Å². The van der Waals surface area contributed by atoms with E-state index >= 15 is 0 Å². The van der Waals surface area contributed by atoms with Gasteiger partial charge in [-0.1, -0.05) is 52.0 Å². The van der Waals surface area contributed by atoms with Gasteiger partial charge in [0.25, 0.3) is 21.6 Å². The van der Waals surface area contributed by atoms with Gasteiger partial charge in [0.15, 0.2) is 0 Å². The fourth-order valence-electron chi connectivity index (χ4n) is 11.5. The van der Waals surface area contributed by atoms with Gasteiger partial charge in [0.2, 0.25) is 0 Å². The number of carbonyl (C=O) groups is 1. The summed E-state index contributed by atoms with van der Waals surface area (Å²) in [6, 6.07) is 22.4. The zero-order valence-corrected chi connectivity index (χ0v) is 41.4. The quantitative estimate of drug-likeness (QED) is 0.0576. The molecular formula is C53H68N8O7S. The minimum Gasteiger partial charge on any atom is -0.455 e. The molecule has 1 unspecified atom stereocenters. The van der Waals surface area contributed by atoms with Crippen LogP contribution in [0.1, 0.15) is 119 Å². The molecule has 0 bridgehead atoms. The van der Waals surface area contributed by atoms with Crippen LogP contribution < -0.4 is 19.7 Å². The van der Waals surface area contributed by atoms with Crippen LogP contribution in [-0.2, 0) is 10.0 Å². The van der Waals surface area contributed by atoms with Crippen LogP contribution in [0, 0.1) is 27.4 Å². The molecule has 368 valence electrons. The van der Waals surface area contributed by atoms with Crippen molar-refractivity contribution in [2.75, 3.05) is 56.0 Å². The summed E-state index contributed by atoms with van der Waals surface area (Å²) in [5.74, 6) is 0.861. The maximum atomic E-state index is 14.1. The summed E-state index contributed by atoms with van der Waals surface area (Å²) in [6.07, 6.45) is 10.6. The Morgan fingerprint density at radius 1 is 0.971 bits per heavy atom. The van der Waals surface area contributed by atoms with Crippen molar-refractivity contribution < 1.29 is 28.0 Å². The molecule has 2 aliphatic carbocycles. The molecule has 4 fully saturated rings. The number of hydrogen-bond donors (Lipinski definition) is 4. The molecule has 2 saturated heterocycles. The van der Waals surface area contributed by atoms with Crippen LogP contribution in [0.3, 0.4) is 0 Å². The number of nitrogens with one attached hydrogen (secondary N) is 3. The third kappa shape index (κ3) is 10.8. The molecule has 15 nitrogen and oxygen atoms in total. The van der Waals surface area contributed by atoms with E-state index in [4.69, 9.17) is 4.74 Å². The van der Waals surface area contributed by atoms with Crippen molar-refractivity contribution in [1.82, 2.24) is 24.5 Å². The van der Waals surface area contributed by atoms with E-state index in [1.165, 1.54) is 36.1 Å². The number of carbonyl (C=O) groups excluding carboxylic acids is 1. The van der Waals surface area contributed by atoms with E-state index in [1.807, 2.05) is 19.1 Å². The number of aromatic nitrogens is 2. The first-order chi connectivity index (χ1) is 32.9. The first-order valence-electron chi connectivity index (χ1n) is 24.8. The Kier molecular flexibility index (Phi) is 13.8. The number of nitro benzene ring substituents is 1. The molecule has 2 aliphatic heterocycles. The molecule has 1 spiro atoms. The maximum Gasteiger partial charge on any atom is 0.293 e. The molecular weight excluding hydrogens is 893 g/mol. The number of piperidine rings is 1. The molecule has 9 rings (SSSR count). The third-order valence-electron chi connectivity index (χ3n) is 15.4. The van der Waals surface area contributed by atoms with Gasteiger partial charge < -0.3 is 25.0 Å². The lowest BCUT2D eigenvalue weighted by Gasteiger charge is -2.58. The third-order valence-corrected chi connectivity index (χ3v) is 16.7. The number of amides is 1. The van der Waals surface area contributed by atoms with Crippen LogP contribution in [0.2, 0.25) is 0 Å². The average Bonchev–Trinajstić information content (AvgIpc) is 3.78. The first-order valence-corrected chi connectivity index (χ1v) is 26.3. The second-order valence-corrected chi connectivity index (χ2v) is 23.0. The number of nitrogens with zero attached hydrogens (tertiary/aromatic N) is 5. The highest BCUT2D eigenvalue weighted by molar-refractivity contribution is 7.90. The zero-order chi connectivity index (χ0) is 48.7. The number of ether oxygens (including phenoxy) is 1. The van der Waals surface area contributed by atoms with Gasteiger partial charge in [0.05, 0.1) is 27.2 Å². The van der Waals surface area contributed by atoms with Gasteiger partial charge in [-0.2, -0.15) is 0 Å². The maximum absolute atomic E-state index is 14.1. The predicted molar refractivity (Wildman–Crippen MR) is 270 cm³/mol. The van der Waals surface area contributed by atoms with Crippen molar-refractivity contribution in [2.24, 2.45) is 17.3 Å². The van der Waals surface area contributed by atoms with Crippen molar-refractivity contribution in [2.45, 2.75) is 114 Å². The second kappa shape index (κ2) is 19.7. The number of hydrogen-bond acceptors (Lipinski definition) is 12. The highest BCUT2D eigenvalue weighted by Crippen LogP contribution is 2.53. The van der Waals surface area contributed by atoms with Crippen LogP contribution in [0.15, 0.2) is 90.1 Å². The first kappa shape index (κ1) is 48.5. The Morgan fingerprint density at radius 3 is 2.45 bits per heavy atom. The molecule has 0 radical (unpaired) electrons. The Balaban J connectivity index is 0.897. The zero-order valence-electron chi connectivity index (χ0n) is 40.6. The Labute approximate surface area is 406 Å². The largest absolute Gasteiger partial charge is 0.455 e. The van der Waals surface area contributed by atoms with E-state index in [1.54, 1.807) is 30.6 Å². The number of aliphatic hydroxyl groups is 1. The van der Waals surface area contributed by atoms with Gasteiger partial charge in [-0.3, -0.25) is 24.7 Å². The Bertz CT molecular complexity index is 2770. The van der Waals surface area contributed by atoms with E-state index in [2.05, 4.69) is 86.7 Å². The molecule has 2 aromatic heterocycles. The topological polar surface area (TPSA) is 186 Å². The summed E-state index contributed by atoms with van der Waals surface area (Å²) < 4.78 is 36.2. The van der Waals surface area contributed by atoms with Crippen LogP contribution in [0.4, 0.5) is 17.1 Å². The predicted octanol–water partition coefficient (Wildman–Crippen LogP) is 9.62. The van der Waals surface area contributed by atoms with E-state index in [9.17, 15) is 28.4 Å². The number of nitro groups is 1. The number of piperazine rings is 1. The summed E-state index contributed by atoms with van der Waals surface area (Å²) in [5, 5.41) is 26.5. The molecule has 4 heterocycles. The van der Waals surface area contributed by atoms with E-state index in [-0.39, 0.29) is 28.3 Å². The minimum atomic E-state index is -4.57. The lowest BCUT2D eigenvalue weighted by atomic mass is 9.59. The summed E-state index contributed by atoms with van der Waals surface area (Å²) in [5.41, 5.74) is 3.74. The number of benzene rings is 3. The molecule has 4 aliphatic rings. The van der Waals surface area contributed by atoms with Crippen LogP contribution in [0.25, 0.3) is 11.0 Å². The summed E-state index contributed by atoms with van der Waals surface area (Å²) in [4.78, 5) is 40.5. The molecule has 1 atom stereocenters. The molecule has 69 heavy (non-hydrogen) atoms. The van der Waals surface area contributed by atoms with E-state index in [0.717, 1.165) is 82.1 Å². The Hall–Kier alpha value is -5.55. The van der Waals surface area contributed by atoms with Gasteiger partial charge in [0, 0.05) is 87.3 Å². The number of aromatic amines is 1. The van der Waals surface area contributed by atoms with Gasteiger partial charge in [0.1, 0.15) is 22.8 Å². The van der Waals surface area contributed by atoms with Crippen molar-refractivity contribution in [3.63, 3.8) is 0 Å². The molecule has 3 aromatic carbocycles. The molecule has 5 aromatic rings. The minimum absolute atomic E-state index is 0.0202. The normalized spacial score (nSPS) is 22.5. The lowest BCUT2D eigenvalue weighted by molar-refractivity contribution is -0.384. The van der Waals surface area contributed by atoms with E-state index in [0.29, 0.717) is 54.7 Å². The van der Waals surface area contributed by atoms with Gasteiger partial charge in [-0.05, 0) is 129 Å². The van der Waals surface area contributed by atoms with Crippen molar-refractivity contribution in [1.29, 1.82) is 0 Å². The fraction of sp³-hybridized carbons (Fsp3) is 0.509. The number of sulfonamides is 1. The number of anilines is 2. The van der Waals surface area contributed by atoms with Crippen molar-refractivity contribution >= 4 is 44.0 Å². The summed E-state index contributed by atoms with van der Waals surface area (Å²) in [7, 11) is -4.57. The lowest BCUT2D eigenvalue weighted by Crippen LogP contribution is -2.60. The summed E-state index contributed by atoms with van der Waals surface area (Å²) in [6.45, 7) is 17.5. The number of pyridine rings is 1. The van der Waals surface area contributed by atoms with Gasteiger partial charge in [-0.15, -0.1) is 0 Å². The van der Waals surface area contributed by atoms with Gasteiger partial charge in [-0.25, -0.2) is 18.1 Å². The highest BCUT2D eigenvalue weighted by atomic mass is 32.2. The smallest absolute Gasteiger partial charge is 0.293 e. The standard InChI is InChI=1S/C53H68N8O7S/c1-35(2)33-58-24-25-60(48(34-58)44-9-7-6-8-43(44)36(3)4)40-29-53(30-40)19-22-59(23-20-53)39-10-12-45(49(27-39)68-41-26-38-16-21-54-50(38)56-32-41)51(62)57-69(66,67)42-11-13-46(47(28-42)61(64)65)55-31-37-14-17-52(5,63)18-15-37/h6-13,16,21,26-28,32,35-37,40,48,55,63H,14-15,17-20,22-25,29-31,33-34H2,1-5H3,(H,54,56)(H,57,62)/t37-,48?,52-. The average molecular weight is 961 g/mol.